The zero-order valence-corrected chi connectivity index (χ0v) is 20.1. The molecule has 1 aliphatic heterocycles. The Balaban J connectivity index is 1.41. The second kappa shape index (κ2) is 9.83. The normalized spacial score (nSPS) is 17.2. The molecule has 3 aromatic carbocycles. The standard InChI is InChI=1S/C28H29N5O3/c1-18(29)26(19-7-3-2-4-8-19)36-23-12-13-24-21(16-23)17-31-33(24)22-10-5-9-20(15-22)28(35)32-14-6-11-25(32)27(30)34/h2-5,7-10,12-13,15-18,25-26H,6,11,14,29H2,1H3,(H2,30,34)/t18-,25+,26-/m0/s1. The van der Waals surface area contributed by atoms with Gasteiger partial charge in [0.1, 0.15) is 17.9 Å². The fourth-order valence-corrected chi connectivity index (χ4v) is 4.80. The van der Waals surface area contributed by atoms with Crippen LogP contribution in [0.1, 0.15) is 41.8 Å². The maximum absolute atomic E-state index is 13.1. The van der Waals surface area contributed by atoms with Gasteiger partial charge in [-0.2, -0.15) is 5.10 Å². The second-order valence-electron chi connectivity index (χ2n) is 9.19. The van der Waals surface area contributed by atoms with Gasteiger partial charge in [-0.3, -0.25) is 9.59 Å². The Bertz CT molecular complexity index is 1400. The molecule has 0 saturated carbocycles. The van der Waals surface area contributed by atoms with Crippen LogP contribution in [0.25, 0.3) is 16.6 Å². The van der Waals surface area contributed by atoms with Crippen molar-refractivity contribution in [3.8, 4) is 11.4 Å². The van der Waals surface area contributed by atoms with E-state index < -0.39 is 11.9 Å². The molecule has 0 spiro atoms. The van der Waals surface area contributed by atoms with Gasteiger partial charge in [-0.25, -0.2) is 4.68 Å². The number of carbonyl (C=O) groups is 2. The maximum Gasteiger partial charge on any atom is 0.254 e. The van der Waals surface area contributed by atoms with E-state index in [1.165, 1.54) is 0 Å². The number of rotatable bonds is 7. The lowest BCUT2D eigenvalue weighted by atomic mass is 10.0. The number of likely N-dealkylation sites (tertiary alicyclic amines) is 1. The molecule has 3 atom stereocenters. The van der Waals surface area contributed by atoms with E-state index in [4.69, 9.17) is 16.2 Å². The summed E-state index contributed by atoms with van der Waals surface area (Å²) in [5.41, 5.74) is 14.9. The summed E-state index contributed by atoms with van der Waals surface area (Å²) >= 11 is 0. The van der Waals surface area contributed by atoms with Crippen molar-refractivity contribution >= 4 is 22.7 Å². The molecule has 0 aliphatic carbocycles. The molecule has 0 bridgehead atoms. The molecule has 2 amide bonds. The molecule has 4 aromatic rings. The van der Waals surface area contributed by atoms with Crippen molar-refractivity contribution in [3.05, 3.63) is 90.1 Å². The highest BCUT2D eigenvalue weighted by molar-refractivity contribution is 5.98. The molecular weight excluding hydrogens is 454 g/mol. The number of nitrogens with two attached hydrogens (primary N) is 2. The van der Waals surface area contributed by atoms with E-state index in [1.54, 1.807) is 27.9 Å². The summed E-state index contributed by atoms with van der Waals surface area (Å²) in [6.07, 6.45) is 2.85. The molecule has 1 fully saturated rings. The molecule has 2 heterocycles. The summed E-state index contributed by atoms with van der Waals surface area (Å²) in [6.45, 7) is 2.45. The molecule has 4 N–H and O–H groups in total. The van der Waals surface area contributed by atoms with E-state index in [0.717, 1.165) is 28.6 Å². The summed E-state index contributed by atoms with van der Waals surface area (Å²) in [7, 11) is 0. The number of benzene rings is 3. The van der Waals surface area contributed by atoms with Gasteiger partial charge in [0.15, 0.2) is 0 Å². The third kappa shape index (κ3) is 4.55. The van der Waals surface area contributed by atoms with Crippen molar-refractivity contribution < 1.29 is 14.3 Å². The summed E-state index contributed by atoms with van der Waals surface area (Å²) in [5.74, 6) is 0.0310. The highest BCUT2D eigenvalue weighted by Gasteiger charge is 2.33. The van der Waals surface area contributed by atoms with Crippen LogP contribution in [-0.4, -0.2) is 45.1 Å². The Kier molecular flexibility index (Phi) is 6.43. The minimum atomic E-state index is -0.555. The Morgan fingerprint density at radius 1 is 1.06 bits per heavy atom. The van der Waals surface area contributed by atoms with Gasteiger partial charge in [-0.15, -0.1) is 0 Å². The Labute approximate surface area is 209 Å². The fourth-order valence-electron chi connectivity index (χ4n) is 4.80. The Hall–Kier alpha value is -4.17. The van der Waals surface area contributed by atoms with Crippen molar-refractivity contribution in [3.63, 3.8) is 0 Å². The first-order chi connectivity index (χ1) is 17.4. The number of hydrogen-bond donors (Lipinski definition) is 2. The molecule has 1 aromatic heterocycles. The highest BCUT2D eigenvalue weighted by Crippen LogP contribution is 2.29. The number of amides is 2. The van der Waals surface area contributed by atoms with Crippen LogP contribution in [0.3, 0.4) is 0 Å². The van der Waals surface area contributed by atoms with Crippen LogP contribution in [0, 0.1) is 0 Å². The minimum absolute atomic E-state index is 0.198. The van der Waals surface area contributed by atoms with Crippen molar-refractivity contribution in [2.45, 2.75) is 38.0 Å². The number of fused-ring (bicyclic) bond motifs is 1. The predicted octanol–water partition coefficient (Wildman–Crippen LogP) is 3.58. The first-order valence-corrected chi connectivity index (χ1v) is 12.1. The highest BCUT2D eigenvalue weighted by atomic mass is 16.5. The lowest BCUT2D eigenvalue weighted by Gasteiger charge is -2.23. The average molecular weight is 484 g/mol. The molecule has 0 radical (unpaired) electrons. The van der Waals surface area contributed by atoms with E-state index in [0.29, 0.717) is 24.3 Å². The van der Waals surface area contributed by atoms with Gasteiger partial charge < -0.3 is 21.1 Å². The van der Waals surface area contributed by atoms with E-state index >= 15 is 0 Å². The Morgan fingerprint density at radius 3 is 2.61 bits per heavy atom. The van der Waals surface area contributed by atoms with Gasteiger partial charge in [-0.05, 0) is 61.7 Å². The molecule has 8 nitrogen and oxygen atoms in total. The van der Waals surface area contributed by atoms with Crippen molar-refractivity contribution in [1.29, 1.82) is 0 Å². The van der Waals surface area contributed by atoms with Crippen LogP contribution in [-0.2, 0) is 4.79 Å². The number of primary amides is 1. The predicted molar refractivity (Wildman–Crippen MR) is 138 cm³/mol. The van der Waals surface area contributed by atoms with Gasteiger partial charge >= 0.3 is 0 Å². The topological polar surface area (TPSA) is 116 Å². The van der Waals surface area contributed by atoms with E-state index in [1.807, 2.05) is 67.6 Å². The summed E-state index contributed by atoms with van der Waals surface area (Å²) in [4.78, 5) is 26.4. The number of hydrogen-bond acceptors (Lipinski definition) is 5. The van der Waals surface area contributed by atoms with Crippen LogP contribution >= 0.6 is 0 Å². The zero-order chi connectivity index (χ0) is 25.2. The number of nitrogens with zero attached hydrogens (tertiary/aromatic N) is 3. The molecule has 1 saturated heterocycles. The first-order valence-electron chi connectivity index (χ1n) is 12.1. The first kappa shape index (κ1) is 23.6. The van der Waals surface area contributed by atoms with Gasteiger partial charge in [0.2, 0.25) is 5.91 Å². The summed E-state index contributed by atoms with van der Waals surface area (Å²) < 4.78 is 8.06. The van der Waals surface area contributed by atoms with Crippen LogP contribution in [0.4, 0.5) is 0 Å². The van der Waals surface area contributed by atoms with E-state index in [9.17, 15) is 9.59 Å². The van der Waals surface area contributed by atoms with Gasteiger partial charge in [-0.1, -0.05) is 36.4 Å². The third-order valence-electron chi connectivity index (χ3n) is 6.59. The van der Waals surface area contributed by atoms with Crippen LogP contribution in [0.15, 0.2) is 79.0 Å². The minimum Gasteiger partial charge on any atom is -0.484 e. The number of carbonyl (C=O) groups excluding carboxylic acids is 2. The molecule has 1 aliphatic rings. The summed E-state index contributed by atoms with van der Waals surface area (Å²) in [6, 6.07) is 22.2. The number of aromatic nitrogens is 2. The zero-order valence-electron chi connectivity index (χ0n) is 20.1. The molecule has 5 rings (SSSR count). The third-order valence-corrected chi connectivity index (χ3v) is 6.59. The molecular formula is C28H29N5O3. The van der Waals surface area contributed by atoms with Gasteiger partial charge in [0, 0.05) is 23.5 Å². The molecule has 8 heteroatoms. The number of ether oxygens (including phenoxy) is 1. The monoisotopic (exact) mass is 483 g/mol. The fraction of sp³-hybridized carbons (Fsp3) is 0.250. The largest absolute Gasteiger partial charge is 0.484 e. The van der Waals surface area contributed by atoms with Crippen LogP contribution < -0.4 is 16.2 Å². The molecule has 36 heavy (non-hydrogen) atoms. The quantitative estimate of drug-likeness (QED) is 0.417. The molecule has 0 unspecified atom stereocenters. The van der Waals surface area contributed by atoms with Crippen molar-refractivity contribution in [1.82, 2.24) is 14.7 Å². The van der Waals surface area contributed by atoms with E-state index in [2.05, 4.69) is 5.10 Å². The smallest absolute Gasteiger partial charge is 0.254 e. The molecule has 184 valence electrons. The van der Waals surface area contributed by atoms with E-state index in [-0.39, 0.29) is 18.1 Å². The SMILES string of the molecule is C[C@H](N)[C@H](Oc1ccc2c(cnn2-c2cccc(C(=O)N3CCC[C@@H]3C(N)=O)c2)c1)c1ccccc1. The Morgan fingerprint density at radius 2 is 1.86 bits per heavy atom. The van der Waals surface area contributed by atoms with Crippen LogP contribution in [0.2, 0.25) is 0 Å². The summed E-state index contributed by atoms with van der Waals surface area (Å²) in [5, 5.41) is 5.45. The lowest BCUT2D eigenvalue weighted by Crippen LogP contribution is -2.43. The average Bonchev–Trinajstić information content (AvgIpc) is 3.55. The second-order valence-corrected chi connectivity index (χ2v) is 9.19. The van der Waals surface area contributed by atoms with Gasteiger partial charge in [0.05, 0.1) is 17.4 Å². The van der Waals surface area contributed by atoms with Crippen LogP contribution in [0.5, 0.6) is 5.75 Å². The van der Waals surface area contributed by atoms with Crippen molar-refractivity contribution in [2.24, 2.45) is 11.5 Å². The van der Waals surface area contributed by atoms with Crippen molar-refractivity contribution in [2.75, 3.05) is 6.54 Å². The maximum atomic E-state index is 13.1. The van der Waals surface area contributed by atoms with Gasteiger partial charge in [0.25, 0.3) is 5.91 Å². The lowest BCUT2D eigenvalue weighted by molar-refractivity contribution is -0.121.